The van der Waals surface area contributed by atoms with E-state index >= 15 is 0 Å². The van der Waals surface area contributed by atoms with Crippen LogP contribution < -0.4 is 4.74 Å². The summed E-state index contributed by atoms with van der Waals surface area (Å²) < 4.78 is 6.81. The molecule has 3 aromatic carbocycles. The molecule has 4 aromatic rings. The molecule has 1 aromatic heterocycles. The number of hydrogen-bond donors (Lipinski definition) is 0. The van der Waals surface area contributed by atoms with E-state index in [1.807, 2.05) is 12.1 Å². The van der Waals surface area contributed by atoms with Crippen LogP contribution in [0.4, 0.5) is 0 Å². The first-order valence-corrected chi connectivity index (χ1v) is 12.5. The summed E-state index contributed by atoms with van der Waals surface area (Å²) in [6, 6.07) is 13.8. The molecule has 180 valence electrons. The van der Waals surface area contributed by atoms with Crippen molar-refractivity contribution in [2.75, 3.05) is 14.2 Å². The highest BCUT2D eigenvalue weighted by Gasteiger charge is 2.47. The van der Waals surface area contributed by atoms with Gasteiger partial charge in [0, 0.05) is 34.9 Å². The Morgan fingerprint density at radius 3 is 2.57 bits per heavy atom. The summed E-state index contributed by atoms with van der Waals surface area (Å²) in [5.41, 5.74) is 4.77. The highest BCUT2D eigenvalue weighted by Crippen LogP contribution is 2.56. The molecule has 1 fully saturated rings. The van der Waals surface area contributed by atoms with Gasteiger partial charge in [0.15, 0.2) is 0 Å². The van der Waals surface area contributed by atoms with Crippen LogP contribution >= 0.6 is 0 Å². The van der Waals surface area contributed by atoms with Gasteiger partial charge in [-0.15, -0.1) is 0 Å². The molecule has 0 bridgehead atoms. The number of aromatic nitrogens is 2. The van der Waals surface area contributed by atoms with Gasteiger partial charge in [0.2, 0.25) is 0 Å². The lowest BCUT2D eigenvalue weighted by atomic mass is 9.64. The molecule has 35 heavy (non-hydrogen) atoms. The summed E-state index contributed by atoms with van der Waals surface area (Å²) >= 11 is 0. The molecule has 0 N–H and O–H groups in total. The zero-order valence-electron chi connectivity index (χ0n) is 21.0. The van der Waals surface area contributed by atoms with Crippen molar-refractivity contribution in [3.05, 3.63) is 53.6 Å². The maximum absolute atomic E-state index is 12.7. The maximum atomic E-state index is 12.7. The predicted octanol–water partition coefficient (Wildman–Crippen LogP) is 6.26. The Balaban J connectivity index is 1.66. The molecule has 6 rings (SSSR count). The van der Waals surface area contributed by atoms with Gasteiger partial charge in [-0.05, 0) is 56.7 Å². The van der Waals surface area contributed by atoms with Crippen molar-refractivity contribution in [1.29, 1.82) is 0 Å². The van der Waals surface area contributed by atoms with Crippen molar-refractivity contribution in [3.63, 3.8) is 0 Å². The number of fused-ring (bicyclic) bond motifs is 9. The number of carbonyl (C=O) groups is 1. The van der Waals surface area contributed by atoms with Gasteiger partial charge in [-0.1, -0.05) is 37.6 Å². The molecule has 6 heteroatoms. The third-order valence-corrected chi connectivity index (χ3v) is 8.14. The number of hydroxylamine groups is 2. The number of rotatable bonds is 2. The lowest BCUT2D eigenvalue weighted by Crippen LogP contribution is -2.46. The molecule has 0 saturated heterocycles. The van der Waals surface area contributed by atoms with E-state index in [-0.39, 0.29) is 11.5 Å². The highest BCUT2D eigenvalue weighted by molar-refractivity contribution is 6.11. The van der Waals surface area contributed by atoms with Crippen LogP contribution in [0.3, 0.4) is 0 Å². The molecule has 2 heterocycles. The Labute approximate surface area is 205 Å². The van der Waals surface area contributed by atoms with Gasteiger partial charge in [0.25, 0.3) is 5.91 Å². The van der Waals surface area contributed by atoms with Gasteiger partial charge in [0.1, 0.15) is 11.4 Å². The molecule has 1 amide bonds. The molecule has 3 unspecified atom stereocenters. The van der Waals surface area contributed by atoms with E-state index in [1.165, 1.54) is 24.2 Å². The van der Waals surface area contributed by atoms with Crippen molar-refractivity contribution in [2.24, 2.45) is 11.8 Å². The van der Waals surface area contributed by atoms with E-state index in [4.69, 9.17) is 19.5 Å². The first-order chi connectivity index (χ1) is 16.8. The number of nitrogens with zero attached hydrogens (tertiary/aromatic N) is 3. The quantitative estimate of drug-likeness (QED) is 0.197. The summed E-state index contributed by atoms with van der Waals surface area (Å²) in [5, 5.41) is 3.32. The second kappa shape index (κ2) is 7.89. The number of ether oxygens (including phenoxy) is 1. The van der Waals surface area contributed by atoms with Crippen LogP contribution in [0.15, 0.2) is 42.5 Å². The normalized spacial score (nSPS) is 23.1. The SMILES string of the molecule is CON(C)C(=O)c1ccc2nc3c4c(c5ccccc5c3nc2c1)OC(C)(C)C1CCC(C)CC41. The summed E-state index contributed by atoms with van der Waals surface area (Å²) in [6.07, 6.45) is 3.52. The third kappa shape index (κ3) is 3.38. The molecular formula is C29H31N3O3. The molecule has 0 spiro atoms. The zero-order chi connectivity index (χ0) is 24.5. The average molecular weight is 470 g/mol. The molecule has 1 aliphatic carbocycles. The van der Waals surface area contributed by atoms with E-state index in [0.29, 0.717) is 28.8 Å². The fraction of sp³-hybridized carbons (Fsp3) is 0.414. The van der Waals surface area contributed by atoms with Crippen LogP contribution in [-0.4, -0.2) is 40.7 Å². The van der Waals surface area contributed by atoms with E-state index in [9.17, 15) is 4.79 Å². The van der Waals surface area contributed by atoms with Crippen LogP contribution in [0, 0.1) is 11.8 Å². The van der Waals surface area contributed by atoms with Crippen LogP contribution in [0.2, 0.25) is 0 Å². The van der Waals surface area contributed by atoms with Gasteiger partial charge in [-0.25, -0.2) is 15.0 Å². The first-order valence-electron chi connectivity index (χ1n) is 12.5. The summed E-state index contributed by atoms with van der Waals surface area (Å²) in [5.74, 6) is 2.24. The standard InChI is InChI=1S/C29H31N3O3/c1-16-10-12-21-20(14-16)24-26-25(18-8-6-7-9-19(18)27(24)35-29(21,2)3)31-23-15-17(11-13-22(23)30-26)28(33)32(4)34-5/h6-9,11,13,15-16,20-21H,10,12,14H2,1-5H3. The van der Waals surface area contributed by atoms with Gasteiger partial charge in [0.05, 0.1) is 29.2 Å². The first kappa shape index (κ1) is 22.2. The van der Waals surface area contributed by atoms with E-state index in [0.717, 1.165) is 45.9 Å². The molecule has 1 saturated carbocycles. The Morgan fingerprint density at radius 1 is 1.06 bits per heavy atom. The smallest absolute Gasteiger partial charge is 0.277 e. The number of amides is 1. The second-order valence-corrected chi connectivity index (χ2v) is 10.7. The van der Waals surface area contributed by atoms with Crippen LogP contribution in [0.25, 0.3) is 32.8 Å². The van der Waals surface area contributed by atoms with Crippen molar-refractivity contribution < 1.29 is 14.4 Å². The average Bonchev–Trinajstić information content (AvgIpc) is 2.86. The van der Waals surface area contributed by atoms with Crippen molar-refractivity contribution in [1.82, 2.24) is 15.0 Å². The molecule has 3 atom stereocenters. The molecular weight excluding hydrogens is 438 g/mol. The van der Waals surface area contributed by atoms with E-state index in [2.05, 4.69) is 39.0 Å². The Kier molecular flexibility index (Phi) is 5.01. The van der Waals surface area contributed by atoms with Crippen molar-refractivity contribution in [2.45, 2.75) is 51.6 Å². The van der Waals surface area contributed by atoms with Gasteiger partial charge < -0.3 is 4.74 Å². The van der Waals surface area contributed by atoms with Gasteiger partial charge >= 0.3 is 0 Å². The Hall–Kier alpha value is -3.25. The fourth-order valence-electron chi connectivity index (χ4n) is 6.29. The van der Waals surface area contributed by atoms with Crippen LogP contribution in [0.5, 0.6) is 5.75 Å². The van der Waals surface area contributed by atoms with E-state index in [1.54, 1.807) is 19.2 Å². The summed E-state index contributed by atoms with van der Waals surface area (Å²) in [6.45, 7) is 6.84. The molecule has 6 nitrogen and oxygen atoms in total. The minimum atomic E-state index is -0.235. The Morgan fingerprint density at radius 2 is 1.80 bits per heavy atom. The number of hydrogen-bond acceptors (Lipinski definition) is 5. The van der Waals surface area contributed by atoms with Gasteiger partial charge in [-0.2, -0.15) is 0 Å². The fourth-order valence-corrected chi connectivity index (χ4v) is 6.29. The second-order valence-electron chi connectivity index (χ2n) is 10.7. The minimum Gasteiger partial charge on any atom is -0.487 e. The van der Waals surface area contributed by atoms with E-state index < -0.39 is 0 Å². The zero-order valence-corrected chi connectivity index (χ0v) is 21.0. The monoisotopic (exact) mass is 469 g/mol. The molecule has 1 aliphatic heterocycles. The lowest BCUT2D eigenvalue weighted by molar-refractivity contribution is -0.0756. The van der Waals surface area contributed by atoms with Crippen molar-refractivity contribution in [3.8, 4) is 5.75 Å². The van der Waals surface area contributed by atoms with Crippen LogP contribution in [0.1, 0.15) is 61.9 Å². The molecule has 2 aliphatic rings. The number of benzene rings is 3. The van der Waals surface area contributed by atoms with Crippen molar-refractivity contribution >= 4 is 38.7 Å². The Bertz CT molecular complexity index is 1500. The third-order valence-electron chi connectivity index (χ3n) is 8.14. The summed E-state index contributed by atoms with van der Waals surface area (Å²) in [4.78, 5) is 28.0. The molecule has 0 radical (unpaired) electrons. The topological polar surface area (TPSA) is 64.5 Å². The van der Waals surface area contributed by atoms with Gasteiger partial charge in [-0.3, -0.25) is 9.63 Å². The maximum Gasteiger partial charge on any atom is 0.277 e. The minimum absolute atomic E-state index is 0.221. The largest absolute Gasteiger partial charge is 0.487 e. The highest BCUT2D eigenvalue weighted by atomic mass is 16.7. The summed E-state index contributed by atoms with van der Waals surface area (Å²) in [7, 11) is 3.08. The predicted molar refractivity (Wildman–Crippen MR) is 138 cm³/mol. The van der Waals surface area contributed by atoms with Crippen LogP contribution in [-0.2, 0) is 4.84 Å². The lowest BCUT2D eigenvalue weighted by Gasteiger charge is -2.49. The number of carbonyl (C=O) groups excluding carboxylic acids is 1.